The van der Waals surface area contributed by atoms with E-state index < -0.39 is 12.0 Å². The van der Waals surface area contributed by atoms with Crippen LogP contribution >= 0.6 is 0 Å². The molecule has 2 amide bonds. The lowest BCUT2D eigenvalue weighted by Gasteiger charge is -2.31. The largest absolute Gasteiger partial charge is 0.477 e. The number of carbonyl (C=O) groups excluding carboxylic acids is 2. The van der Waals surface area contributed by atoms with Crippen molar-refractivity contribution < 1.29 is 14.3 Å². The summed E-state index contributed by atoms with van der Waals surface area (Å²) in [5.41, 5.74) is 7.12. The minimum atomic E-state index is -0.633. The van der Waals surface area contributed by atoms with Gasteiger partial charge in [-0.05, 0) is 17.7 Å². The first kappa shape index (κ1) is 16.8. The van der Waals surface area contributed by atoms with Crippen molar-refractivity contribution in [3.05, 3.63) is 60.2 Å². The smallest absolute Gasteiger partial charge is 0.265 e. The maximum atomic E-state index is 12.9. The van der Waals surface area contributed by atoms with Crippen LogP contribution in [0.2, 0.25) is 0 Å². The second kappa shape index (κ2) is 7.70. The number of nitrogens with zero attached hydrogens (tertiary/aromatic N) is 1. The first-order valence-electron chi connectivity index (χ1n) is 8.24. The summed E-state index contributed by atoms with van der Waals surface area (Å²) in [6.07, 6.45) is -0.513. The third kappa shape index (κ3) is 4.29. The van der Waals surface area contributed by atoms with Crippen LogP contribution < -0.4 is 15.8 Å². The molecule has 0 saturated heterocycles. The number of nitrogens with one attached hydrogen (secondary N) is 1. The third-order valence-electron chi connectivity index (χ3n) is 4.07. The first-order valence-corrected chi connectivity index (χ1v) is 8.24. The maximum absolute atomic E-state index is 12.9. The van der Waals surface area contributed by atoms with Crippen molar-refractivity contribution >= 4 is 17.5 Å². The van der Waals surface area contributed by atoms with Gasteiger partial charge >= 0.3 is 0 Å². The molecule has 0 spiro atoms. The minimum Gasteiger partial charge on any atom is -0.477 e. The SMILES string of the molecule is NC(=O)CCN(Cc1ccccc1)C(=O)C1CNc2ccccc2O1. The molecule has 0 saturated carbocycles. The standard InChI is InChI=1S/C19H21N3O3/c20-18(23)10-11-22(13-14-6-2-1-3-7-14)19(24)17-12-21-15-8-4-5-9-16(15)25-17/h1-9,17,21H,10-13H2,(H2,20,23). The molecule has 0 aromatic heterocycles. The number of rotatable bonds is 6. The topological polar surface area (TPSA) is 84.7 Å². The van der Waals surface area contributed by atoms with Crippen LogP contribution in [0, 0.1) is 0 Å². The highest BCUT2D eigenvalue weighted by Gasteiger charge is 2.29. The number of hydrogen-bond donors (Lipinski definition) is 2. The number of amides is 2. The summed E-state index contributed by atoms with van der Waals surface area (Å²) >= 11 is 0. The molecule has 0 radical (unpaired) electrons. The Morgan fingerprint density at radius 3 is 2.60 bits per heavy atom. The molecule has 130 valence electrons. The zero-order chi connectivity index (χ0) is 17.6. The van der Waals surface area contributed by atoms with Crippen molar-refractivity contribution in [2.45, 2.75) is 19.1 Å². The van der Waals surface area contributed by atoms with E-state index in [2.05, 4.69) is 5.32 Å². The number of anilines is 1. The van der Waals surface area contributed by atoms with Gasteiger partial charge in [-0.1, -0.05) is 42.5 Å². The monoisotopic (exact) mass is 339 g/mol. The van der Waals surface area contributed by atoms with Gasteiger partial charge in [0.05, 0.1) is 12.2 Å². The van der Waals surface area contributed by atoms with Crippen molar-refractivity contribution in [2.24, 2.45) is 5.73 Å². The van der Waals surface area contributed by atoms with E-state index in [4.69, 9.17) is 10.5 Å². The molecule has 25 heavy (non-hydrogen) atoms. The molecule has 1 atom stereocenters. The third-order valence-corrected chi connectivity index (χ3v) is 4.07. The van der Waals surface area contributed by atoms with Gasteiger partial charge in [0.15, 0.2) is 6.10 Å². The van der Waals surface area contributed by atoms with Gasteiger partial charge in [-0.25, -0.2) is 0 Å². The first-order chi connectivity index (χ1) is 12.1. The van der Waals surface area contributed by atoms with E-state index in [-0.39, 0.29) is 18.9 Å². The van der Waals surface area contributed by atoms with E-state index in [0.717, 1.165) is 11.3 Å². The lowest BCUT2D eigenvalue weighted by Crippen LogP contribution is -2.47. The van der Waals surface area contributed by atoms with E-state index in [0.29, 0.717) is 18.8 Å². The summed E-state index contributed by atoms with van der Waals surface area (Å²) in [5.74, 6) is 0.0627. The zero-order valence-electron chi connectivity index (χ0n) is 13.9. The van der Waals surface area contributed by atoms with Crippen LogP contribution in [-0.4, -0.2) is 35.9 Å². The number of hydrogen-bond acceptors (Lipinski definition) is 4. The highest BCUT2D eigenvalue weighted by atomic mass is 16.5. The Bertz CT molecular complexity index is 749. The van der Waals surface area contributed by atoms with Gasteiger partial charge in [-0.3, -0.25) is 9.59 Å². The summed E-state index contributed by atoms with van der Waals surface area (Å²) in [6, 6.07) is 17.2. The van der Waals surface area contributed by atoms with Gasteiger partial charge in [-0.2, -0.15) is 0 Å². The summed E-state index contributed by atoms with van der Waals surface area (Å²) < 4.78 is 5.85. The second-order valence-electron chi connectivity index (χ2n) is 5.95. The van der Waals surface area contributed by atoms with E-state index in [1.807, 2.05) is 54.6 Å². The predicted molar refractivity (Wildman–Crippen MR) is 95.0 cm³/mol. The molecule has 1 aliphatic heterocycles. The zero-order valence-corrected chi connectivity index (χ0v) is 13.9. The molecule has 1 unspecified atom stereocenters. The lowest BCUT2D eigenvalue weighted by atomic mass is 10.1. The summed E-state index contributed by atoms with van der Waals surface area (Å²) in [6.45, 7) is 1.07. The van der Waals surface area contributed by atoms with Crippen LogP contribution in [0.4, 0.5) is 5.69 Å². The molecule has 6 nitrogen and oxygen atoms in total. The van der Waals surface area contributed by atoms with Crippen molar-refractivity contribution in [2.75, 3.05) is 18.4 Å². The number of nitrogens with two attached hydrogens (primary N) is 1. The van der Waals surface area contributed by atoms with E-state index in [1.165, 1.54) is 0 Å². The Hall–Kier alpha value is -3.02. The van der Waals surface area contributed by atoms with Crippen molar-refractivity contribution in [1.29, 1.82) is 0 Å². The van der Waals surface area contributed by atoms with Crippen LogP contribution in [0.3, 0.4) is 0 Å². The fourth-order valence-electron chi connectivity index (χ4n) is 2.77. The average Bonchev–Trinajstić information content (AvgIpc) is 2.65. The van der Waals surface area contributed by atoms with Crippen LogP contribution in [0.5, 0.6) is 5.75 Å². The average molecular weight is 339 g/mol. The van der Waals surface area contributed by atoms with Crippen LogP contribution in [0.25, 0.3) is 0 Å². The highest BCUT2D eigenvalue weighted by molar-refractivity contribution is 5.84. The number of ether oxygens (including phenoxy) is 1. The molecule has 2 aromatic carbocycles. The maximum Gasteiger partial charge on any atom is 0.265 e. The van der Waals surface area contributed by atoms with E-state index in [1.54, 1.807) is 4.90 Å². The molecule has 6 heteroatoms. The van der Waals surface area contributed by atoms with Gasteiger partial charge < -0.3 is 20.7 Å². The van der Waals surface area contributed by atoms with Gasteiger partial charge in [0.25, 0.3) is 5.91 Å². The fourth-order valence-corrected chi connectivity index (χ4v) is 2.77. The Morgan fingerprint density at radius 2 is 1.84 bits per heavy atom. The van der Waals surface area contributed by atoms with Crippen LogP contribution in [-0.2, 0) is 16.1 Å². The summed E-state index contributed by atoms with van der Waals surface area (Å²) in [4.78, 5) is 25.7. The number of benzene rings is 2. The normalized spacial score (nSPS) is 15.4. The molecule has 0 bridgehead atoms. The minimum absolute atomic E-state index is 0.120. The van der Waals surface area contributed by atoms with Crippen LogP contribution in [0.1, 0.15) is 12.0 Å². The fraction of sp³-hybridized carbons (Fsp3) is 0.263. The molecular weight excluding hydrogens is 318 g/mol. The van der Waals surface area contributed by atoms with E-state index >= 15 is 0 Å². The van der Waals surface area contributed by atoms with E-state index in [9.17, 15) is 9.59 Å². The van der Waals surface area contributed by atoms with Gasteiger partial charge in [0.2, 0.25) is 5.91 Å². The Kier molecular flexibility index (Phi) is 5.18. The summed E-state index contributed by atoms with van der Waals surface area (Å²) in [7, 11) is 0. The van der Waals surface area contributed by atoms with Crippen LogP contribution in [0.15, 0.2) is 54.6 Å². The van der Waals surface area contributed by atoms with Crippen molar-refractivity contribution in [1.82, 2.24) is 4.90 Å². The molecule has 0 aliphatic carbocycles. The Balaban J connectivity index is 1.73. The Labute approximate surface area is 146 Å². The molecule has 1 aliphatic rings. The predicted octanol–water partition coefficient (Wildman–Crippen LogP) is 1.76. The molecule has 3 rings (SSSR count). The molecule has 0 fully saturated rings. The molecule has 3 N–H and O–H groups in total. The lowest BCUT2D eigenvalue weighted by molar-refractivity contribution is -0.139. The summed E-state index contributed by atoms with van der Waals surface area (Å²) in [5, 5.41) is 3.21. The second-order valence-corrected chi connectivity index (χ2v) is 5.95. The number of carbonyl (C=O) groups is 2. The van der Waals surface area contributed by atoms with Gasteiger partial charge in [0.1, 0.15) is 5.75 Å². The number of primary amides is 1. The van der Waals surface area contributed by atoms with Gasteiger partial charge in [0, 0.05) is 19.5 Å². The number of fused-ring (bicyclic) bond motifs is 1. The van der Waals surface area contributed by atoms with Crippen molar-refractivity contribution in [3.8, 4) is 5.75 Å². The Morgan fingerprint density at radius 1 is 1.12 bits per heavy atom. The van der Waals surface area contributed by atoms with Crippen molar-refractivity contribution in [3.63, 3.8) is 0 Å². The quantitative estimate of drug-likeness (QED) is 0.840. The molecule has 2 aromatic rings. The number of para-hydroxylation sites is 2. The molecule has 1 heterocycles. The highest BCUT2D eigenvalue weighted by Crippen LogP contribution is 2.28. The van der Waals surface area contributed by atoms with Gasteiger partial charge in [-0.15, -0.1) is 0 Å². The molecular formula is C19H21N3O3.